The third-order valence-electron chi connectivity index (χ3n) is 4.14. The van der Waals surface area contributed by atoms with E-state index in [1.54, 1.807) is 0 Å². The van der Waals surface area contributed by atoms with Crippen LogP contribution in [-0.2, 0) is 6.42 Å². The van der Waals surface area contributed by atoms with E-state index in [4.69, 9.17) is 14.2 Å². The van der Waals surface area contributed by atoms with E-state index < -0.39 is 0 Å². The van der Waals surface area contributed by atoms with Gasteiger partial charge < -0.3 is 14.2 Å². The van der Waals surface area contributed by atoms with E-state index in [9.17, 15) is 0 Å². The molecule has 0 saturated carbocycles. The molecule has 0 N–H and O–H groups in total. The zero-order valence-electron chi connectivity index (χ0n) is 17.1. The second-order valence-corrected chi connectivity index (χ2v) is 6.86. The summed E-state index contributed by atoms with van der Waals surface area (Å²) >= 11 is 0. The summed E-state index contributed by atoms with van der Waals surface area (Å²) in [7, 11) is 0. The number of ether oxygens (including phenoxy) is 3. The molecule has 6 nitrogen and oxygen atoms in total. The fraction of sp³-hybridized carbons (Fsp3) is 0.0800. The fourth-order valence-electron chi connectivity index (χ4n) is 2.82. The molecule has 0 aliphatic rings. The Morgan fingerprint density at radius 2 is 1.10 bits per heavy atom. The van der Waals surface area contributed by atoms with Gasteiger partial charge in [-0.05, 0) is 49.2 Å². The van der Waals surface area contributed by atoms with Crippen LogP contribution < -0.4 is 14.2 Å². The zero-order chi connectivity index (χ0) is 21.5. The second kappa shape index (κ2) is 9.54. The molecule has 0 bridgehead atoms. The summed E-state index contributed by atoms with van der Waals surface area (Å²) in [4.78, 5) is 12.9. The van der Waals surface area contributed by atoms with Gasteiger partial charge in [0.05, 0.1) is 0 Å². The molecule has 4 aromatic rings. The molecule has 0 saturated heterocycles. The van der Waals surface area contributed by atoms with Crippen LogP contribution in [0, 0.1) is 0 Å². The Morgan fingerprint density at radius 3 is 1.61 bits per heavy atom. The summed E-state index contributed by atoms with van der Waals surface area (Å²) in [6.07, 6.45) is 0.683. The van der Waals surface area contributed by atoms with Crippen molar-refractivity contribution in [3.8, 4) is 35.3 Å². The Labute approximate surface area is 180 Å². The molecule has 0 atom stereocenters. The molecular formula is C25H21N3O3. The number of allylic oxidation sites excluding steroid dienone is 1. The molecule has 3 aromatic carbocycles. The minimum atomic E-state index is 0.0690. The molecule has 0 spiro atoms. The van der Waals surface area contributed by atoms with Gasteiger partial charge in [0.25, 0.3) is 0 Å². The lowest BCUT2D eigenvalue weighted by Gasteiger charge is -2.12. The van der Waals surface area contributed by atoms with Gasteiger partial charge in [0, 0.05) is 0 Å². The van der Waals surface area contributed by atoms with Crippen LogP contribution in [0.25, 0.3) is 0 Å². The highest BCUT2D eigenvalue weighted by Gasteiger charge is 2.14. The van der Waals surface area contributed by atoms with Gasteiger partial charge in [0.2, 0.25) is 0 Å². The van der Waals surface area contributed by atoms with Crippen LogP contribution in [0.1, 0.15) is 12.5 Å². The highest BCUT2D eigenvalue weighted by atomic mass is 16.5. The first kappa shape index (κ1) is 20.1. The molecule has 31 heavy (non-hydrogen) atoms. The van der Waals surface area contributed by atoms with Crippen LogP contribution in [0.3, 0.4) is 0 Å². The van der Waals surface area contributed by atoms with Crippen molar-refractivity contribution < 1.29 is 14.2 Å². The van der Waals surface area contributed by atoms with Crippen LogP contribution in [0.2, 0.25) is 0 Å². The van der Waals surface area contributed by atoms with Gasteiger partial charge in [0.1, 0.15) is 17.2 Å². The highest BCUT2D eigenvalue weighted by molar-refractivity contribution is 5.38. The number of hydrogen-bond donors (Lipinski definition) is 0. The lowest BCUT2D eigenvalue weighted by molar-refractivity contribution is 0.361. The van der Waals surface area contributed by atoms with Crippen molar-refractivity contribution in [3.63, 3.8) is 0 Å². The summed E-state index contributed by atoms with van der Waals surface area (Å²) in [5.41, 5.74) is 2.00. The molecule has 1 aromatic heterocycles. The fourth-order valence-corrected chi connectivity index (χ4v) is 2.82. The van der Waals surface area contributed by atoms with E-state index in [2.05, 4.69) is 21.5 Å². The van der Waals surface area contributed by atoms with Crippen molar-refractivity contribution in [2.45, 2.75) is 13.3 Å². The molecule has 1 heterocycles. The van der Waals surface area contributed by atoms with Gasteiger partial charge in [-0.15, -0.1) is 15.0 Å². The van der Waals surface area contributed by atoms with Gasteiger partial charge in [-0.2, -0.15) is 0 Å². The maximum Gasteiger partial charge on any atom is 0.331 e. The van der Waals surface area contributed by atoms with Gasteiger partial charge >= 0.3 is 18.0 Å². The van der Waals surface area contributed by atoms with Gasteiger partial charge in [-0.25, -0.2) is 0 Å². The lowest BCUT2D eigenvalue weighted by Crippen LogP contribution is -2.02. The number of hydrogen-bond acceptors (Lipinski definition) is 6. The molecule has 0 amide bonds. The molecular weight excluding hydrogens is 390 g/mol. The number of nitrogens with zero attached hydrogens (tertiary/aromatic N) is 3. The van der Waals surface area contributed by atoms with Crippen LogP contribution in [0.15, 0.2) is 97.1 Å². The van der Waals surface area contributed by atoms with Gasteiger partial charge in [0.15, 0.2) is 0 Å². The molecule has 4 rings (SSSR count). The first-order valence-corrected chi connectivity index (χ1v) is 9.78. The molecule has 6 heteroatoms. The normalized spacial score (nSPS) is 10.4. The largest absolute Gasteiger partial charge is 0.424 e. The SMILES string of the molecule is C=C(C)Cc1ccccc1Oc1nc(Oc2ccccc2)nc(Oc2ccccc2)n1. The van der Waals surface area contributed by atoms with Crippen LogP contribution in [-0.4, -0.2) is 15.0 Å². The predicted octanol–water partition coefficient (Wildman–Crippen LogP) is 6.37. The minimum absolute atomic E-state index is 0.0690. The van der Waals surface area contributed by atoms with Crippen molar-refractivity contribution in [3.05, 3.63) is 103 Å². The van der Waals surface area contributed by atoms with E-state index in [1.165, 1.54) is 0 Å². The van der Waals surface area contributed by atoms with Crippen molar-refractivity contribution in [1.82, 2.24) is 15.0 Å². The lowest BCUT2D eigenvalue weighted by atomic mass is 10.1. The molecule has 0 aliphatic heterocycles. The first-order chi connectivity index (χ1) is 15.2. The Hall–Kier alpha value is -4.19. The van der Waals surface area contributed by atoms with Gasteiger partial charge in [-0.1, -0.05) is 66.7 Å². The second-order valence-electron chi connectivity index (χ2n) is 6.86. The van der Waals surface area contributed by atoms with E-state index in [0.717, 1.165) is 11.1 Å². The van der Waals surface area contributed by atoms with Crippen molar-refractivity contribution in [2.75, 3.05) is 0 Å². The standard InChI is InChI=1S/C25H21N3O3/c1-18(2)17-19-11-9-10-16-22(19)31-25-27-23(29-20-12-5-3-6-13-20)26-24(28-25)30-21-14-7-4-8-15-21/h3-16H,1,17H2,2H3. The Balaban J connectivity index is 1.67. The van der Waals surface area contributed by atoms with E-state index in [1.807, 2.05) is 91.9 Å². The highest BCUT2D eigenvalue weighted by Crippen LogP contribution is 2.29. The van der Waals surface area contributed by atoms with Crippen LogP contribution in [0.5, 0.6) is 35.3 Å². The summed E-state index contributed by atoms with van der Waals surface area (Å²) < 4.78 is 17.6. The predicted molar refractivity (Wildman–Crippen MR) is 118 cm³/mol. The monoisotopic (exact) mass is 411 g/mol. The quantitative estimate of drug-likeness (QED) is 0.314. The number of rotatable bonds is 8. The van der Waals surface area contributed by atoms with E-state index >= 15 is 0 Å². The third kappa shape index (κ3) is 5.67. The summed E-state index contributed by atoms with van der Waals surface area (Å²) in [5, 5.41) is 0. The summed E-state index contributed by atoms with van der Waals surface area (Å²) in [6, 6.07) is 26.4. The topological polar surface area (TPSA) is 66.4 Å². The van der Waals surface area contributed by atoms with Crippen LogP contribution >= 0.6 is 0 Å². The van der Waals surface area contributed by atoms with Crippen molar-refractivity contribution in [1.29, 1.82) is 0 Å². The molecule has 0 aliphatic carbocycles. The Morgan fingerprint density at radius 1 is 0.645 bits per heavy atom. The average Bonchev–Trinajstić information content (AvgIpc) is 2.76. The summed E-state index contributed by atoms with van der Waals surface area (Å²) in [5.74, 6) is 1.81. The number of para-hydroxylation sites is 3. The third-order valence-corrected chi connectivity index (χ3v) is 4.14. The first-order valence-electron chi connectivity index (χ1n) is 9.78. The Bertz CT molecular complexity index is 1110. The number of aromatic nitrogens is 3. The van der Waals surface area contributed by atoms with Crippen molar-refractivity contribution >= 4 is 0 Å². The van der Waals surface area contributed by atoms with Gasteiger partial charge in [-0.3, -0.25) is 0 Å². The molecule has 154 valence electrons. The zero-order valence-corrected chi connectivity index (χ0v) is 17.1. The number of benzene rings is 3. The molecule has 0 unspecified atom stereocenters. The van der Waals surface area contributed by atoms with E-state index in [0.29, 0.717) is 23.7 Å². The van der Waals surface area contributed by atoms with Crippen LogP contribution in [0.4, 0.5) is 0 Å². The summed E-state index contributed by atoms with van der Waals surface area (Å²) in [6.45, 7) is 5.95. The average molecular weight is 411 g/mol. The smallest absolute Gasteiger partial charge is 0.331 e. The Kier molecular flexibility index (Phi) is 6.18. The molecule has 0 radical (unpaired) electrons. The minimum Gasteiger partial charge on any atom is -0.424 e. The van der Waals surface area contributed by atoms with Crippen molar-refractivity contribution in [2.24, 2.45) is 0 Å². The molecule has 0 fully saturated rings. The maximum absolute atomic E-state index is 6.00. The maximum atomic E-state index is 6.00. The van der Waals surface area contributed by atoms with E-state index in [-0.39, 0.29) is 18.0 Å².